The SMILES string of the molecule is CCc1ncc2cc(-c3cc(NC(=O)c4cccc(C(F)(F)F)c4)ccc3C)c(C)nc2n1. The fourth-order valence-corrected chi connectivity index (χ4v) is 3.56. The van der Waals surface area contributed by atoms with Crippen LogP contribution in [0, 0.1) is 13.8 Å². The zero-order chi connectivity index (χ0) is 23.8. The summed E-state index contributed by atoms with van der Waals surface area (Å²) < 4.78 is 39.0. The van der Waals surface area contributed by atoms with Crippen LogP contribution in [-0.4, -0.2) is 20.9 Å². The van der Waals surface area contributed by atoms with E-state index in [-0.39, 0.29) is 5.56 Å². The van der Waals surface area contributed by atoms with Crippen LogP contribution < -0.4 is 5.32 Å². The van der Waals surface area contributed by atoms with Crippen LogP contribution in [0.2, 0.25) is 0 Å². The molecule has 1 N–H and O–H groups in total. The Bertz CT molecular complexity index is 1370. The van der Waals surface area contributed by atoms with Gasteiger partial charge in [-0.1, -0.05) is 19.1 Å². The number of nitrogens with one attached hydrogen (secondary N) is 1. The zero-order valence-corrected chi connectivity index (χ0v) is 18.3. The maximum atomic E-state index is 13.0. The molecule has 0 atom stereocenters. The van der Waals surface area contributed by atoms with Crippen LogP contribution in [0.3, 0.4) is 0 Å². The number of carbonyl (C=O) groups excluding carboxylic acids is 1. The summed E-state index contributed by atoms with van der Waals surface area (Å²) in [6.45, 7) is 5.80. The van der Waals surface area contributed by atoms with Crippen molar-refractivity contribution in [3.05, 3.63) is 82.9 Å². The van der Waals surface area contributed by atoms with Crippen LogP contribution in [0.4, 0.5) is 18.9 Å². The summed E-state index contributed by atoms with van der Waals surface area (Å²) >= 11 is 0. The number of aromatic nitrogens is 3. The van der Waals surface area contributed by atoms with Crippen molar-refractivity contribution in [2.24, 2.45) is 0 Å². The summed E-state index contributed by atoms with van der Waals surface area (Å²) in [5.74, 6) is 0.0994. The lowest BCUT2D eigenvalue weighted by Crippen LogP contribution is -2.14. The highest BCUT2D eigenvalue weighted by Crippen LogP contribution is 2.32. The quantitative estimate of drug-likeness (QED) is 0.405. The van der Waals surface area contributed by atoms with Gasteiger partial charge in [-0.3, -0.25) is 4.79 Å². The number of rotatable bonds is 4. The average Bonchev–Trinajstić information content (AvgIpc) is 2.79. The molecule has 2 aromatic heterocycles. The Morgan fingerprint density at radius 1 is 1.00 bits per heavy atom. The van der Waals surface area contributed by atoms with Gasteiger partial charge in [-0.2, -0.15) is 13.2 Å². The van der Waals surface area contributed by atoms with E-state index in [0.29, 0.717) is 17.8 Å². The van der Waals surface area contributed by atoms with Crippen molar-refractivity contribution < 1.29 is 18.0 Å². The normalized spacial score (nSPS) is 11.6. The average molecular weight is 450 g/mol. The lowest BCUT2D eigenvalue weighted by atomic mass is 9.98. The number of halogens is 3. The van der Waals surface area contributed by atoms with Crippen molar-refractivity contribution >= 4 is 22.6 Å². The summed E-state index contributed by atoms with van der Waals surface area (Å²) in [5.41, 5.74) is 3.59. The number of anilines is 1. The van der Waals surface area contributed by atoms with Gasteiger partial charge in [-0.05, 0) is 61.4 Å². The summed E-state index contributed by atoms with van der Waals surface area (Å²) in [6.07, 6.45) is -2.06. The van der Waals surface area contributed by atoms with Crippen molar-refractivity contribution in [3.63, 3.8) is 0 Å². The van der Waals surface area contributed by atoms with Crippen LogP contribution in [0.15, 0.2) is 54.7 Å². The molecule has 0 saturated carbocycles. The highest BCUT2D eigenvalue weighted by Gasteiger charge is 2.30. The molecule has 0 spiro atoms. The van der Waals surface area contributed by atoms with Crippen LogP contribution in [0.5, 0.6) is 0 Å². The predicted octanol–water partition coefficient (Wildman–Crippen LogP) is 6.14. The van der Waals surface area contributed by atoms with Crippen molar-refractivity contribution in [1.29, 1.82) is 0 Å². The Hall–Kier alpha value is -3.81. The number of alkyl halides is 3. The molecule has 0 fully saturated rings. The molecular weight excluding hydrogens is 429 g/mol. The van der Waals surface area contributed by atoms with E-state index in [1.165, 1.54) is 12.1 Å². The largest absolute Gasteiger partial charge is 0.416 e. The fraction of sp³-hybridized carbons (Fsp3) is 0.200. The molecule has 33 heavy (non-hydrogen) atoms. The van der Waals surface area contributed by atoms with Crippen LogP contribution >= 0.6 is 0 Å². The van der Waals surface area contributed by atoms with Gasteiger partial charge in [0.15, 0.2) is 5.65 Å². The van der Waals surface area contributed by atoms with Crippen molar-refractivity contribution in [3.8, 4) is 11.1 Å². The molecule has 0 saturated heterocycles. The Morgan fingerprint density at radius 3 is 2.52 bits per heavy atom. The van der Waals surface area contributed by atoms with E-state index in [0.717, 1.165) is 45.7 Å². The highest BCUT2D eigenvalue weighted by molar-refractivity contribution is 6.04. The second-order valence-corrected chi connectivity index (χ2v) is 7.74. The third-order valence-corrected chi connectivity index (χ3v) is 5.36. The second kappa shape index (κ2) is 8.61. The number of nitrogens with zero attached hydrogens (tertiary/aromatic N) is 3. The Balaban J connectivity index is 1.68. The lowest BCUT2D eigenvalue weighted by molar-refractivity contribution is -0.137. The highest BCUT2D eigenvalue weighted by atomic mass is 19.4. The Morgan fingerprint density at radius 2 is 1.79 bits per heavy atom. The van der Waals surface area contributed by atoms with Crippen molar-refractivity contribution in [2.45, 2.75) is 33.4 Å². The summed E-state index contributed by atoms with van der Waals surface area (Å²) in [6, 6.07) is 11.6. The van der Waals surface area contributed by atoms with Crippen LogP contribution in [-0.2, 0) is 12.6 Å². The van der Waals surface area contributed by atoms with Crippen LogP contribution in [0.1, 0.15) is 39.9 Å². The number of pyridine rings is 1. The minimum Gasteiger partial charge on any atom is -0.322 e. The van der Waals surface area contributed by atoms with E-state index < -0.39 is 17.6 Å². The van der Waals surface area contributed by atoms with Gasteiger partial charge >= 0.3 is 6.18 Å². The Kier molecular flexibility index (Phi) is 5.84. The van der Waals surface area contributed by atoms with Crippen LogP contribution in [0.25, 0.3) is 22.2 Å². The van der Waals surface area contributed by atoms with Gasteiger partial charge in [0, 0.05) is 40.5 Å². The molecular formula is C25H21F3N4O. The minimum absolute atomic E-state index is 0.0700. The van der Waals surface area contributed by atoms with E-state index >= 15 is 0 Å². The van der Waals surface area contributed by atoms with E-state index in [9.17, 15) is 18.0 Å². The molecule has 8 heteroatoms. The summed E-state index contributed by atoms with van der Waals surface area (Å²) in [5, 5.41) is 3.49. The van der Waals surface area contributed by atoms with Crippen molar-refractivity contribution in [2.75, 3.05) is 5.32 Å². The fourth-order valence-electron chi connectivity index (χ4n) is 3.56. The van der Waals surface area contributed by atoms with Gasteiger partial charge in [0.25, 0.3) is 5.91 Å². The molecule has 168 valence electrons. The van der Waals surface area contributed by atoms with E-state index in [1.807, 2.05) is 32.9 Å². The number of hydrogen-bond donors (Lipinski definition) is 1. The lowest BCUT2D eigenvalue weighted by Gasteiger charge is -2.14. The smallest absolute Gasteiger partial charge is 0.322 e. The molecule has 0 bridgehead atoms. The molecule has 0 aliphatic heterocycles. The Labute approximate surface area is 188 Å². The summed E-state index contributed by atoms with van der Waals surface area (Å²) in [7, 11) is 0. The van der Waals surface area contributed by atoms with E-state index in [4.69, 9.17) is 0 Å². The number of fused-ring (bicyclic) bond motifs is 1. The third-order valence-electron chi connectivity index (χ3n) is 5.36. The van der Waals surface area contributed by atoms with Crippen molar-refractivity contribution in [1.82, 2.24) is 15.0 Å². The van der Waals surface area contributed by atoms with E-state index in [2.05, 4.69) is 20.3 Å². The maximum absolute atomic E-state index is 13.0. The minimum atomic E-state index is -4.52. The zero-order valence-electron chi connectivity index (χ0n) is 18.3. The third kappa shape index (κ3) is 4.69. The first-order valence-corrected chi connectivity index (χ1v) is 10.4. The van der Waals surface area contributed by atoms with Gasteiger partial charge in [-0.15, -0.1) is 0 Å². The topological polar surface area (TPSA) is 67.8 Å². The second-order valence-electron chi connectivity index (χ2n) is 7.74. The number of carbonyl (C=O) groups is 1. The number of benzene rings is 2. The van der Waals surface area contributed by atoms with Gasteiger partial charge < -0.3 is 5.32 Å². The number of amides is 1. The molecule has 4 rings (SSSR count). The molecule has 0 aliphatic rings. The molecule has 0 aliphatic carbocycles. The van der Waals surface area contributed by atoms with Gasteiger partial charge in [0.05, 0.1) is 5.56 Å². The molecule has 5 nitrogen and oxygen atoms in total. The molecule has 0 radical (unpaired) electrons. The van der Waals surface area contributed by atoms with Gasteiger partial charge in [0.1, 0.15) is 5.82 Å². The molecule has 2 aromatic carbocycles. The first-order chi connectivity index (χ1) is 15.7. The molecule has 1 amide bonds. The molecule has 2 heterocycles. The number of hydrogen-bond acceptors (Lipinski definition) is 4. The molecule has 0 unspecified atom stereocenters. The van der Waals surface area contributed by atoms with Gasteiger partial charge in [0.2, 0.25) is 0 Å². The first-order valence-electron chi connectivity index (χ1n) is 10.4. The first kappa shape index (κ1) is 22.4. The predicted molar refractivity (Wildman–Crippen MR) is 121 cm³/mol. The standard InChI is InChI=1S/C25H21F3N4O/c1-4-22-29-13-17-11-21(15(3)30-23(17)32-22)20-12-19(9-8-14(20)2)31-24(33)16-6-5-7-18(10-16)25(26,27)28/h5-13H,4H2,1-3H3,(H,31,33). The monoisotopic (exact) mass is 450 g/mol. The summed E-state index contributed by atoms with van der Waals surface area (Å²) in [4.78, 5) is 26.1. The van der Waals surface area contributed by atoms with E-state index in [1.54, 1.807) is 18.3 Å². The number of aryl methyl sites for hydroxylation is 3. The maximum Gasteiger partial charge on any atom is 0.416 e. The molecule has 4 aromatic rings. The van der Waals surface area contributed by atoms with Gasteiger partial charge in [-0.25, -0.2) is 15.0 Å².